The molecule has 1 aromatic rings. The van der Waals surface area contributed by atoms with Crippen LogP contribution in [0.25, 0.3) is 0 Å². The van der Waals surface area contributed by atoms with E-state index in [0.29, 0.717) is 36.8 Å². The molecule has 1 atom stereocenters. The average molecular weight is 394 g/mol. The van der Waals surface area contributed by atoms with Crippen LogP contribution in [0.1, 0.15) is 37.8 Å². The topological polar surface area (TPSA) is 99.8 Å². The molecule has 8 nitrogen and oxygen atoms in total. The van der Waals surface area contributed by atoms with Gasteiger partial charge in [-0.1, -0.05) is 0 Å². The first-order valence-electron chi connectivity index (χ1n) is 9.34. The lowest BCUT2D eigenvalue weighted by molar-refractivity contribution is -0.136. The number of carbonyl (C=O) groups excluding carboxylic acids is 3. The number of piperidine rings is 1. The summed E-state index contributed by atoms with van der Waals surface area (Å²) in [5.41, 5.74) is 6.33. The van der Waals surface area contributed by atoms with E-state index in [1.165, 1.54) is 11.3 Å². The molecule has 1 aromatic heterocycles. The van der Waals surface area contributed by atoms with Crippen molar-refractivity contribution in [3.8, 4) is 0 Å². The minimum absolute atomic E-state index is 0.0136. The fourth-order valence-corrected chi connectivity index (χ4v) is 4.39. The number of nitrogens with two attached hydrogens (primary N) is 1. The van der Waals surface area contributed by atoms with Crippen LogP contribution in [0, 0.1) is 0 Å². The summed E-state index contributed by atoms with van der Waals surface area (Å²) in [5.74, 6) is 0.243. The van der Waals surface area contributed by atoms with E-state index in [2.05, 4.69) is 4.98 Å². The molecule has 2 aliphatic heterocycles. The molecule has 0 bridgehead atoms. The maximum absolute atomic E-state index is 12.6. The molecular weight excluding hydrogens is 366 g/mol. The van der Waals surface area contributed by atoms with Crippen molar-refractivity contribution in [2.45, 2.75) is 50.6 Å². The number of hydrogen-bond donors (Lipinski definition) is 1. The molecule has 3 rings (SSSR count). The molecule has 0 spiro atoms. The summed E-state index contributed by atoms with van der Waals surface area (Å²) < 4.78 is 0. The number of likely N-dealkylation sites (tertiary alicyclic amines) is 2. The molecule has 0 aromatic carbocycles. The van der Waals surface area contributed by atoms with E-state index in [-0.39, 0.29) is 36.2 Å². The molecule has 3 heterocycles. The average Bonchev–Trinajstić information content (AvgIpc) is 3.21. The Hall–Kier alpha value is -2.16. The SMILES string of the molecule is CN(C(=O)CC1CCC(=O)N1C)C1CCN(C(=O)Cc2csc(N)n2)CC1. The molecule has 3 amide bonds. The number of thiazole rings is 1. The third kappa shape index (κ3) is 4.58. The van der Waals surface area contributed by atoms with Crippen LogP contribution in [0.3, 0.4) is 0 Å². The second-order valence-electron chi connectivity index (χ2n) is 7.37. The molecule has 2 fully saturated rings. The summed E-state index contributed by atoms with van der Waals surface area (Å²) in [5, 5.41) is 2.29. The van der Waals surface area contributed by atoms with Crippen molar-refractivity contribution in [2.75, 3.05) is 32.9 Å². The Morgan fingerprint density at radius 3 is 2.59 bits per heavy atom. The number of rotatable bonds is 5. The third-order valence-electron chi connectivity index (χ3n) is 5.70. The monoisotopic (exact) mass is 393 g/mol. The number of carbonyl (C=O) groups is 3. The number of hydrogen-bond acceptors (Lipinski definition) is 6. The third-order valence-corrected chi connectivity index (χ3v) is 6.43. The van der Waals surface area contributed by atoms with Crippen molar-refractivity contribution in [1.29, 1.82) is 0 Å². The van der Waals surface area contributed by atoms with Crippen LogP contribution < -0.4 is 5.73 Å². The zero-order valence-corrected chi connectivity index (χ0v) is 16.7. The van der Waals surface area contributed by atoms with E-state index in [1.54, 1.807) is 16.8 Å². The lowest BCUT2D eigenvalue weighted by Gasteiger charge is -2.37. The molecule has 0 saturated carbocycles. The first kappa shape index (κ1) is 19.6. The highest BCUT2D eigenvalue weighted by Gasteiger charge is 2.33. The Bertz CT molecular complexity index is 714. The van der Waals surface area contributed by atoms with E-state index >= 15 is 0 Å². The highest BCUT2D eigenvalue weighted by molar-refractivity contribution is 7.13. The predicted octanol–water partition coefficient (Wildman–Crippen LogP) is 0.728. The van der Waals surface area contributed by atoms with Crippen LogP contribution >= 0.6 is 11.3 Å². The van der Waals surface area contributed by atoms with Gasteiger partial charge in [0.25, 0.3) is 0 Å². The van der Waals surface area contributed by atoms with Crippen molar-refractivity contribution in [3.05, 3.63) is 11.1 Å². The smallest absolute Gasteiger partial charge is 0.228 e. The van der Waals surface area contributed by atoms with Crippen molar-refractivity contribution in [1.82, 2.24) is 19.7 Å². The van der Waals surface area contributed by atoms with Gasteiger partial charge in [-0.2, -0.15) is 0 Å². The van der Waals surface area contributed by atoms with Crippen molar-refractivity contribution in [3.63, 3.8) is 0 Å². The Kier molecular flexibility index (Phi) is 5.98. The number of nitrogen functional groups attached to an aromatic ring is 1. The Morgan fingerprint density at radius 1 is 1.33 bits per heavy atom. The van der Waals surface area contributed by atoms with Crippen LogP contribution in [0.4, 0.5) is 5.13 Å². The van der Waals surface area contributed by atoms with Crippen LogP contribution in [0.2, 0.25) is 0 Å². The number of aromatic nitrogens is 1. The van der Waals surface area contributed by atoms with Crippen molar-refractivity contribution < 1.29 is 14.4 Å². The van der Waals surface area contributed by atoms with Gasteiger partial charge in [-0.05, 0) is 19.3 Å². The second kappa shape index (κ2) is 8.24. The molecule has 0 radical (unpaired) electrons. The van der Waals surface area contributed by atoms with Crippen molar-refractivity contribution >= 4 is 34.2 Å². The molecule has 1 unspecified atom stereocenters. The summed E-state index contributed by atoms with van der Waals surface area (Å²) in [7, 11) is 3.60. The zero-order valence-electron chi connectivity index (χ0n) is 15.9. The molecule has 2 aliphatic rings. The maximum atomic E-state index is 12.6. The highest BCUT2D eigenvalue weighted by Crippen LogP contribution is 2.22. The minimum atomic E-state index is 0.0136. The first-order chi connectivity index (χ1) is 12.8. The van der Waals surface area contributed by atoms with Gasteiger partial charge in [0.15, 0.2) is 5.13 Å². The standard InChI is InChI=1S/C18H27N5O3S/c1-21(16(25)10-14-3-4-15(24)22(14)2)13-5-7-23(8-6-13)17(26)9-12-11-27-18(19)20-12/h11,13-14H,3-10H2,1-2H3,(H2,19,20). The minimum Gasteiger partial charge on any atom is -0.375 e. The first-order valence-corrected chi connectivity index (χ1v) is 10.2. The summed E-state index contributed by atoms with van der Waals surface area (Å²) in [6.07, 6.45) is 3.48. The van der Waals surface area contributed by atoms with Gasteiger partial charge >= 0.3 is 0 Å². The molecule has 27 heavy (non-hydrogen) atoms. The number of amides is 3. The van der Waals surface area contributed by atoms with E-state index in [9.17, 15) is 14.4 Å². The Labute approximate surface area is 163 Å². The second-order valence-corrected chi connectivity index (χ2v) is 8.26. The normalized spacial score (nSPS) is 21.0. The lowest BCUT2D eigenvalue weighted by atomic mass is 10.0. The van der Waals surface area contributed by atoms with Crippen LogP contribution in [-0.4, -0.2) is 76.7 Å². The van der Waals surface area contributed by atoms with Gasteiger partial charge in [-0.25, -0.2) is 4.98 Å². The lowest BCUT2D eigenvalue weighted by Crippen LogP contribution is -2.48. The van der Waals surface area contributed by atoms with Crippen LogP contribution in [0.5, 0.6) is 0 Å². The number of anilines is 1. The van der Waals surface area contributed by atoms with Gasteiger partial charge in [0.1, 0.15) is 0 Å². The highest BCUT2D eigenvalue weighted by atomic mass is 32.1. The largest absolute Gasteiger partial charge is 0.375 e. The summed E-state index contributed by atoms with van der Waals surface area (Å²) in [4.78, 5) is 46.1. The van der Waals surface area contributed by atoms with E-state index in [1.807, 2.05) is 17.3 Å². The number of nitrogens with zero attached hydrogens (tertiary/aromatic N) is 4. The van der Waals surface area contributed by atoms with Gasteiger partial charge in [-0.15, -0.1) is 11.3 Å². The van der Waals surface area contributed by atoms with Gasteiger partial charge in [0, 0.05) is 57.5 Å². The van der Waals surface area contributed by atoms with Crippen molar-refractivity contribution in [2.24, 2.45) is 0 Å². The van der Waals surface area contributed by atoms with Gasteiger partial charge in [-0.3, -0.25) is 14.4 Å². The van der Waals surface area contributed by atoms with E-state index in [0.717, 1.165) is 19.3 Å². The van der Waals surface area contributed by atoms with Gasteiger partial charge in [0.05, 0.1) is 12.1 Å². The van der Waals surface area contributed by atoms with E-state index < -0.39 is 0 Å². The van der Waals surface area contributed by atoms with Gasteiger partial charge in [0.2, 0.25) is 17.7 Å². The molecule has 2 saturated heterocycles. The quantitative estimate of drug-likeness (QED) is 0.795. The molecule has 2 N–H and O–H groups in total. The molecule has 148 valence electrons. The Morgan fingerprint density at radius 2 is 2.04 bits per heavy atom. The fourth-order valence-electron chi connectivity index (χ4n) is 3.83. The van der Waals surface area contributed by atoms with Crippen LogP contribution in [-0.2, 0) is 20.8 Å². The fraction of sp³-hybridized carbons (Fsp3) is 0.667. The molecular formula is C18H27N5O3S. The molecule has 0 aliphatic carbocycles. The predicted molar refractivity (Wildman–Crippen MR) is 103 cm³/mol. The van der Waals surface area contributed by atoms with Crippen LogP contribution in [0.15, 0.2) is 5.38 Å². The van der Waals surface area contributed by atoms with Gasteiger partial charge < -0.3 is 20.4 Å². The summed E-state index contributed by atoms with van der Waals surface area (Å²) >= 11 is 1.34. The molecule has 9 heteroatoms. The maximum Gasteiger partial charge on any atom is 0.228 e. The van der Waals surface area contributed by atoms with E-state index in [4.69, 9.17) is 5.73 Å². The zero-order chi connectivity index (χ0) is 19.6. The summed E-state index contributed by atoms with van der Waals surface area (Å²) in [6, 6.07) is 0.151. The summed E-state index contributed by atoms with van der Waals surface area (Å²) in [6.45, 7) is 1.28. The Balaban J connectivity index is 1.45.